The van der Waals surface area contributed by atoms with E-state index in [1.165, 1.54) is 29.5 Å². The van der Waals surface area contributed by atoms with Crippen molar-refractivity contribution in [1.82, 2.24) is 10.2 Å². The molecule has 1 aromatic carbocycles. The molecule has 1 fully saturated rings. The highest BCUT2D eigenvalue weighted by Gasteiger charge is 2.29. The number of anilines is 2. The highest BCUT2D eigenvalue weighted by Crippen LogP contribution is 2.29. The Bertz CT molecular complexity index is 933. The van der Waals surface area contributed by atoms with Crippen LogP contribution in [0.3, 0.4) is 0 Å². The minimum atomic E-state index is -4.82. The van der Waals surface area contributed by atoms with Gasteiger partial charge >= 0.3 is 5.76 Å². The lowest BCUT2D eigenvalue weighted by molar-refractivity contribution is -0.113. The van der Waals surface area contributed by atoms with E-state index in [0.29, 0.717) is 17.6 Å². The Labute approximate surface area is 168 Å². The molecule has 0 unspecified atom stereocenters. The van der Waals surface area contributed by atoms with E-state index in [-0.39, 0.29) is 11.4 Å². The van der Waals surface area contributed by atoms with Gasteiger partial charge in [0.25, 0.3) is 0 Å². The van der Waals surface area contributed by atoms with E-state index < -0.39 is 26.4 Å². The molecule has 0 bridgehead atoms. The summed E-state index contributed by atoms with van der Waals surface area (Å²) in [6, 6.07) is 5.06. The second-order valence-electron chi connectivity index (χ2n) is 5.59. The number of morpholine rings is 1. The summed E-state index contributed by atoms with van der Waals surface area (Å²) < 4.78 is 54.9. The molecule has 1 N–H and O–H groups in total. The first kappa shape index (κ1) is 20.9. The van der Waals surface area contributed by atoms with Crippen molar-refractivity contribution in [3.05, 3.63) is 24.3 Å². The summed E-state index contributed by atoms with van der Waals surface area (Å²) in [7, 11) is -4.82. The van der Waals surface area contributed by atoms with Crippen LogP contribution in [0.1, 0.15) is 0 Å². The first-order valence-electron chi connectivity index (χ1n) is 8.08. The number of thioether (sulfide) groups is 1. The number of nitrogens with one attached hydrogen (secondary N) is 1. The van der Waals surface area contributed by atoms with Crippen molar-refractivity contribution >= 4 is 49.7 Å². The molecule has 152 valence electrons. The van der Waals surface area contributed by atoms with Gasteiger partial charge < -0.3 is 15.0 Å². The second-order valence-corrected chi connectivity index (χ2v) is 9.65. The number of halogens is 2. The molecule has 1 aliphatic heterocycles. The van der Waals surface area contributed by atoms with Gasteiger partial charge in [-0.25, -0.2) is 8.42 Å². The largest absolute Gasteiger partial charge is 0.378 e. The fraction of sp³-hybridized carbons (Fsp3) is 0.400. The van der Waals surface area contributed by atoms with E-state index in [1.807, 2.05) is 4.90 Å². The molecule has 8 nitrogen and oxygen atoms in total. The van der Waals surface area contributed by atoms with Crippen LogP contribution >= 0.6 is 23.1 Å². The molecule has 1 aliphatic rings. The molecule has 2 aromatic rings. The molecule has 0 spiro atoms. The molecule has 0 aliphatic carbocycles. The lowest BCUT2D eigenvalue weighted by Gasteiger charge is -2.25. The van der Waals surface area contributed by atoms with Crippen LogP contribution in [0.25, 0.3) is 0 Å². The predicted molar refractivity (Wildman–Crippen MR) is 102 cm³/mol. The van der Waals surface area contributed by atoms with E-state index in [4.69, 9.17) is 4.74 Å². The molecule has 1 amide bonds. The number of carbonyl (C=O) groups is 1. The Hall–Kier alpha value is -1.83. The molecule has 28 heavy (non-hydrogen) atoms. The van der Waals surface area contributed by atoms with Crippen LogP contribution in [0.2, 0.25) is 0 Å². The quantitative estimate of drug-likeness (QED) is 0.640. The summed E-state index contributed by atoms with van der Waals surface area (Å²) in [6.07, 6.45) is 0. The lowest BCUT2D eigenvalue weighted by atomic mass is 10.3. The van der Waals surface area contributed by atoms with E-state index in [0.717, 1.165) is 36.0 Å². The van der Waals surface area contributed by atoms with E-state index in [1.54, 1.807) is 0 Å². The SMILES string of the molecule is O=C(CSc1nnc(N2CCOCC2)s1)Nc1ccccc1S(=O)(=O)C(F)F. The zero-order chi connectivity index (χ0) is 20.1. The smallest absolute Gasteiger partial charge is 0.341 e. The summed E-state index contributed by atoms with van der Waals surface area (Å²) in [5.41, 5.74) is -0.181. The second kappa shape index (κ2) is 9.11. The van der Waals surface area contributed by atoms with Gasteiger partial charge in [0.15, 0.2) is 4.34 Å². The Balaban J connectivity index is 1.61. The Kier molecular flexibility index (Phi) is 6.80. The fourth-order valence-electron chi connectivity index (χ4n) is 2.37. The van der Waals surface area contributed by atoms with Gasteiger partial charge in [-0.1, -0.05) is 35.2 Å². The molecule has 1 aromatic heterocycles. The number of ether oxygens (including phenoxy) is 1. The van der Waals surface area contributed by atoms with Crippen LogP contribution in [0.15, 0.2) is 33.5 Å². The normalized spacial score (nSPS) is 15.0. The van der Waals surface area contributed by atoms with E-state index in [9.17, 15) is 22.0 Å². The third kappa shape index (κ3) is 4.96. The highest BCUT2D eigenvalue weighted by atomic mass is 32.2. The number of rotatable bonds is 7. The van der Waals surface area contributed by atoms with Crippen LogP contribution in [-0.4, -0.2) is 62.3 Å². The van der Waals surface area contributed by atoms with Crippen LogP contribution in [0.4, 0.5) is 19.6 Å². The number of sulfone groups is 1. The zero-order valence-electron chi connectivity index (χ0n) is 14.4. The van der Waals surface area contributed by atoms with Crippen molar-refractivity contribution in [2.45, 2.75) is 15.0 Å². The number of amides is 1. The van der Waals surface area contributed by atoms with Crippen molar-refractivity contribution in [3.8, 4) is 0 Å². The van der Waals surface area contributed by atoms with Gasteiger partial charge in [-0.05, 0) is 12.1 Å². The van der Waals surface area contributed by atoms with Crippen molar-refractivity contribution < 1.29 is 26.7 Å². The molecule has 13 heteroatoms. The average Bonchev–Trinajstić information content (AvgIpc) is 3.16. The highest BCUT2D eigenvalue weighted by molar-refractivity contribution is 8.01. The Morgan fingerprint density at radius 3 is 2.71 bits per heavy atom. The Morgan fingerprint density at radius 2 is 2.00 bits per heavy atom. The standard InChI is InChI=1S/C15H16F2N4O4S3/c16-13(17)28(23,24)11-4-2-1-3-10(11)18-12(22)9-26-15-20-19-14(27-15)21-5-7-25-8-6-21/h1-4,13H,5-9H2,(H,18,22). The summed E-state index contributed by atoms with van der Waals surface area (Å²) in [5, 5.41) is 11.2. The molecular formula is C15H16F2N4O4S3. The van der Waals surface area contributed by atoms with Gasteiger partial charge in [0.2, 0.25) is 20.9 Å². The Morgan fingerprint density at radius 1 is 1.29 bits per heavy atom. The maximum Gasteiger partial charge on any atom is 0.341 e. The van der Waals surface area contributed by atoms with E-state index in [2.05, 4.69) is 15.5 Å². The van der Waals surface area contributed by atoms with Gasteiger partial charge in [0.05, 0.1) is 29.5 Å². The van der Waals surface area contributed by atoms with Crippen LogP contribution < -0.4 is 10.2 Å². The number of alkyl halides is 2. The zero-order valence-corrected chi connectivity index (χ0v) is 16.8. The number of carbonyl (C=O) groups excluding carboxylic acids is 1. The van der Waals surface area contributed by atoms with Crippen molar-refractivity contribution in [3.63, 3.8) is 0 Å². The van der Waals surface area contributed by atoms with E-state index >= 15 is 0 Å². The molecule has 1 saturated heterocycles. The van der Waals surface area contributed by atoms with Gasteiger partial charge in [-0.3, -0.25) is 4.79 Å². The van der Waals surface area contributed by atoms with Gasteiger partial charge in [-0.2, -0.15) is 8.78 Å². The molecule has 0 atom stereocenters. The summed E-state index contributed by atoms with van der Waals surface area (Å²) in [5.74, 6) is -4.18. The molecule has 3 rings (SSSR count). The van der Waals surface area contributed by atoms with Gasteiger partial charge in [-0.15, -0.1) is 10.2 Å². The minimum Gasteiger partial charge on any atom is -0.378 e. The summed E-state index contributed by atoms with van der Waals surface area (Å²) in [6.45, 7) is 2.67. The first-order chi connectivity index (χ1) is 13.4. The topological polar surface area (TPSA) is 101 Å². The number of nitrogens with zero attached hydrogens (tertiary/aromatic N) is 3. The maximum atomic E-state index is 12.8. The lowest BCUT2D eigenvalue weighted by Crippen LogP contribution is -2.36. The maximum absolute atomic E-state index is 12.8. The first-order valence-corrected chi connectivity index (χ1v) is 11.4. The van der Waals surface area contributed by atoms with Crippen LogP contribution in [-0.2, 0) is 19.4 Å². The number of hydrogen-bond donors (Lipinski definition) is 1. The van der Waals surface area contributed by atoms with Crippen molar-refractivity contribution in [2.75, 3.05) is 42.3 Å². The predicted octanol–water partition coefficient (Wildman–Crippen LogP) is 2.10. The van der Waals surface area contributed by atoms with Crippen LogP contribution in [0, 0.1) is 0 Å². The monoisotopic (exact) mass is 450 g/mol. The molecule has 0 saturated carbocycles. The van der Waals surface area contributed by atoms with Gasteiger partial charge in [0.1, 0.15) is 0 Å². The number of para-hydroxylation sites is 1. The summed E-state index contributed by atoms with van der Waals surface area (Å²) >= 11 is 2.46. The van der Waals surface area contributed by atoms with Gasteiger partial charge in [0, 0.05) is 13.1 Å². The number of benzene rings is 1. The number of aromatic nitrogens is 2. The van der Waals surface area contributed by atoms with Crippen molar-refractivity contribution in [2.24, 2.45) is 0 Å². The number of hydrogen-bond acceptors (Lipinski definition) is 9. The van der Waals surface area contributed by atoms with Crippen molar-refractivity contribution in [1.29, 1.82) is 0 Å². The molecule has 2 heterocycles. The third-order valence-corrected chi connectivity index (χ3v) is 7.26. The molecule has 0 radical (unpaired) electrons. The minimum absolute atomic E-state index is 0.0686. The summed E-state index contributed by atoms with van der Waals surface area (Å²) in [4.78, 5) is 13.6. The average molecular weight is 451 g/mol. The van der Waals surface area contributed by atoms with Crippen LogP contribution in [0.5, 0.6) is 0 Å². The third-order valence-electron chi connectivity index (χ3n) is 3.71. The molecular weight excluding hydrogens is 434 g/mol. The fourth-order valence-corrected chi connectivity index (χ4v) is 4.95.